The maximum absolute atomic E-state index is 13.0. The van der Waals surface area contributed by atoms with Gasteiger partial charge in [-0.25, -0.2) is 4.39 Å². The standard InChI is InChI=1S/C12H16FIN2/c1-2-15-10-5-6-16(8-10)12-4-3-9(13)7-11(12)14/h3-4,7,10,15H,2,5-6,8H2,1H3. The molecule has 4 heteroatoms. The van der Waals surface area contributed by atoms with Crippen LogP contribution >= 0.6 is 22.6 Å². The Bertz CT molecular complexity index is 370. The van der Waals surface area contributed by atoms with Gasteiger partial charge in [-0.1, -0.05) is 6.92 Å². The van der Waals surface area contributed by atoms with Crippen molar-refractivity contribution in [3.8, 4) is 0 Å². The second kappa shape index (κ2) is 5.31. The Labute approximate surface area is 109 Å². The second-order valence-electron chi connectivity index (χ2n) is 4.09. The Kier molecular flexibility index (Phi) is 4.02. The zero-order valence-electron chi connectivity index (χ0n) is 9.34. The Hall–Kier alpha value is -0.360. The van der Waals surface area contributed by atoms with E-state index in [1.165, 1.54) is 12.5 Å². The lowest BCUT2D eigenvalue weighted by molar-refractivity contribution is 0.572. The van der Waals surface area contributed by atoms with Gasteiger partial charge in [0.05, 0.1) is 5.69 Å². The molecule has 2 rings (SSSR count). The van der Waals surface area contributed by atoms with Crippen LogP contribution in [0.3, 0.4) is 0 Å². The summed E-state index contributed by atoms with van der Waals surface area (Å²) in [5.41, 5.74) is 1.16. The summed E-state index contributed by atoms with van der Waals surface area (Å²) in [6.45, 7) is 5.22. The number of halogens is 2. The first kappa shape index (κ1) is 12.1. The summed E-state index contributed by atoms with van der Waals surface area (Å²) in [6.07, 6.45) is 1.17. The molecule has 1 fully saturated rings. The van der Waals surface area contributed by atoms with Gasteiger partial charge in [-0.3, -0.25) is 0 Å². The van der Waals surface area contributed by atoms with Gasteiger partial charge in [0.2, 0.25) is 0 Å². The van der Waals surface area contributed by atoms with E-state index in [0.29, 0.717) is 6.04 Å². The molecule has 1 aliphatic rings. The Balaban J connectivity index is 2.08. The molecule has 0 aliphatic carbocycles. The summed E-state index contributed by atoms with van der Waals surface area (Å²) < 4.78 is 14.0. The molecule has 2 nitrogen and oxygen atoms in total. The van der Waals surface area contributed by atoms with Crippen LogP contribution in [-0.2, 0) is 0 Å². The van der Waals surface area contributed by atoms with Gasteiger partial charge in [-0.2, -0.15) is 0 Å². The number of likely N-dealkylation sites (N-methyl/N-ethyl adjacent to an activating group) is 1. The summed E-state index contributed by atoms with van der Waals surface area (Å²) in [5, 5.41) is 3.46. The van der Waals surface area contributed by atoms with E-state index in [0.717, 1.165) is 28.9 Å². The summed E-state index contributed by atoms with van der Waals surface area (Å²) >= 11 is 2.20. The quantitative estimate of drug-likeness (QED) is 0.855. The molecule has 1 N–H and O–H groups in total. The minimum atomic E-state index is -0.157. The van der Waals surface area contributed by atoms with E-state index in [-0.39, 0.29) is 5.82 Å². The predicted molar refractivity (Wildman–Crippen MR) is 73.4 cm³/mol. The van der Waals surface area contributed by atoms with Gasteiger partial charge in [0.1, 0.15) is 5.82 Å². The van der Waals surface area contributed by atoms with Crippen LogP contribution in [-0.4, -0.2) is 25.7 Å². The minimum absolute atomic E-state index is 0.157. The molecular weight excluding hydrogens is 318 g/mol. The molecule has 0 saturated carbocycles. The molecular formula is C12H16FIN2. The lowest BCUT2D eigenvalue weighted by Crippen LogP contribution is -2.32. The molecule has 1 aliphatic heterocycles. The van der Waals surface area contributed by atoms with Crippen LogP contribution in [0.15, 0.2) is 18.2 Å². The lowest BCUT2D eigenvalue weighted by Gasteiger charge is -2.20. The van der Waals surface area contributed by atoms with E-state index in [2.05, 4.69) is 39.7 Å². The summed E-state index contributed by atoms with van der Waals surface area (Å²) in [6, 6.07) is 5.59. The van der Waals surface area contributed by atoms with Crippen molar-refractivity contribution in [2.45, 2.75) is 19.4 Å². The number of rotatable bonds is 3. The first-order valence-electron chi connectivity index (χ1n) is 5.64. The molecule has 0 radical (unpaired) electrons. The fourth-order valence-corrected chi connectivity index (χ4v) is 2.99. The summed E-state index contributed by atoms with van der Waals surface area (Å²) in [7, 11) is 0. The molecule has 1 unspecified atom stereocenters. The number of nitrogens with one attached hydrogen (secondary N) is 1. The number of anilines is 1. The van der Waals surface area contributed by atoms with Gasteiger partial charge in [0, 0.05) is 22.7 Å². The second-order valence-corrected chi connectivity index (χ2v) is 5.25. The molecule has 88 valence electrons. The third-order valence-corrected chi connectivity index (χ3v) is 3.80. The van der Waals surface area contributed by atoms with Crippen LogP contribution in [0.2, 0.25) is 0 Å². The Morgan fingerprint density at radius 1 is 1.56 bits per heavy atom. The first-order chi connectivity index (χ1) is 7.70. The SMILES string of the molecule is CCNC1CCN(c2ccc(F)cc2I)C1. The van der Waals surface area contributed by atoms with E-state index in [9.17, 15) is 4.39 Å². The number of hydrogen-bond acceptors (Lipinski definition) is 2. The van der Waals surface area contributed by atoms with Crippen molar-refractivity contribution in [3.05, 3.63) is 27.6 Å². The third kappa shape index (κ3) is 2.66. The molecule has 1 aromatic rings. The topological polar surface area (TPSA) is 15.3 Å². The van der Waals surface area contributed by atoms with Crippen LogP contribution in [0, 0.1) is 9.39 Å². The zero-order valence-corrected chi connectivity index (χ0v) is 11.5. The fourth-order valence-electron chi connectivity index (χ4n) is 2.17. The average molecular weight is 334 g/mol. The van der Waals surface area contributed by atoms with E-state index >= 15 is 0 Å². The van der Waals surface area contributed by atoms with Crippen molar-refractivity contribution < 1.29 is 4.39 Å². The van der Waals surface area contributed by atoms with Crippen LogP contribution in [0.5, 0.6) is 0 Å². The maximum atomic E-state index is 13.0. The first-order valence-corrected chi connectivity index (χ1v) is 6.72. The highest BCUT2D eigenvalue weighted by Gasteiger charge is 2.22. The van der Waals surface area contributed by atoms with Gasteiger partial charge in [0.15, 0.2) is 0 Å². The van der Waals surface area contributed by atoms with Gasteiger partial charge < -0.3 is 10.2 Å². The zero-order chi connectivity index (χ0) is 11.5. The van der Waals surface area contributed by atoms with Crippen molar-refractivity contribution in [1.29, 1.82) is 0 Å². The summed E-state index contributed by atoms with van der Waals surface area (Å²) in [5.74, 6) is -0.157. The molecule has 1 heterocycles. The highest BCUT2D eigenvalue weighted by molar-refractivity contribution is 14.1. The van der Waals surface area contributed by atoms with Crippen LogP contribution < -0.4 is 10.2 Å². The van der Waals surface area contributed by atoms with E-state index in [1.807, 2.05) is 6.07 Å². The van der Waals surface area contributed by atoms with Gasteiger partial charge in [-0.05, 0) is 53.8 Å². The molecule has 0 amide bonds. The van der Waals surface area contributed by atoms with Crippen LogP contribution in [0.25, 0.3) is 0 Å². The van der Waals surface area contributed by atoms with E-state index in [1.54, 1.807) is 6.07 Å². The molecule has 0 spiro atoms. The predicted octanol–water partition coefficient (Wildman–Crippen LogP) is 2.62. The normalized spacial score (nSPS) is 20.4. The fraction of sp³-hybridized carbons (Fsp3) is 0.500. The van der Waals surface area contributed by atoms with Crippen molar-refractivity contribution >= 4 is 28.3 Å². The molecule has 0 bridgehead atoms. The lowest BCUT2D eigenvalue weighted by atomic mass is 10.2. The van der Waals surface area contributed by atoms with E-state index < -0.39 is 0 Å². The molecule has 1 atom stereocenters. The molecule has 1 aromatic carbocycles. The number of nitrogens with zero attached hydrogens (tertiary/aromatic N) is 1. The number of hydrogen-bond donors (Lipinski definition) is 1. The Morgan fingerprint density at radius 3 is 3.06 bits per heavy atom. The average Bonchev–Trinajstić information content (AvgIpc) is 2.67. The summed E-state index contributed by atoms with van der Waals surface area (Å²) in [4.78, 5) is 2.33. The minimum Gasteiger partial charge on any atom is -0.369 e. The highest BCUT2D eigenvalue weighted by atomic mass is 127. The maximum Gasteiger partial charge on any atom is 0.124 e. The third-order valence-electron chi connectivity index (χ3n) is 2.93. The van der Waals surface area contributed by atoms with Crippen molar-refractivity contribution in [2.75, 3.05) is 24.5 Å². The van der Waals surface area contributed by atoms with Crippen LogP contribution in [0.4, 0.5) is 10.1 Å². The van der Waals surface area contributed by atoms with Crippen molar-refractivity contribution in [1.82, 2.24) is 5.32 Å². The van der Waals surface area contributed by atoms with Gasteiger partial charge >= 0.3 is 0 Å². The molecule has 0 aromatic heterocycles. The van der Waals surface area contributed by atoms with Crippen molar-refractivity contribution in [2.24, 2.45) is 0 Å². The van der Waals surface area contributed by atoms with Crippen LogP contribution in [0.1, 0.15) is 13.3 Å². The van der Waals surface area contributed by atoms with Crippen molar-refractivity contribution in [3.63, 3.8) is 0 Å². The number of benzene rings is 1. The largest absolute Gasteiger partial charge is 0.369 e. The monoisotopic (exact) mass is 334 g/mol. The molecule has 16 heavy (non-hydrogen) atoms. The smallest absolute Gasteiger partial charge is 0.124 e. The van der Waals surface area contributed by atoms with Gasteiger partial charge in [-0.15, -0.1) is 0 Å². The molecule has 1 saturated heterocycles. The van der Waals surface area contributed by atoms with E-state index in [4.69, 9.17) is 0 Å². The Morgan fingerprint density at radius 2 is 2.38 bits per heavy atom. The van der Waals surface area contributed by atoms with Gasteiger partial charge in [0.25, 0.3) is 0 Å². The highest BCUT2D eigenvalue weighted by Crippen LogP contribution is 2.26.